The highest BCUT2D eigenvalue weighted by Crippen LogP contribution is 2.42. The third-order valence-corrected chi connectivity index (χ3v) is 13.2. The molecule has 4 N–H and O–H groups in total. The normalized spacial score (nSPS) is 23.9. The number of aromatic amines is 1. The molecule has 1 fully saturated rings. The lowest BCUT2D eigenvalue weighted by Crippen LogP contribution is -2.75. The fourth-order valence-corrected chi connectivity index (χ4v) is 11.3. The summed E-state index contributed by atoms with van der Waals surface area (Å²) in [6, 6.07) is 19.4. The molecule has 2 aromatic carbocycles. The number of aromatic nitrogens is 2. The zero-order chi connectivity index (χ0) is 25.5. The van der Waals surface area contributed by atoms with Crippen molar-refractivity contribution in [2.75, 3.05) is 0 Å². The van der Waals surface area contributed by atoms with E-state index in [1.54, 1.807) is 0 Å². The van der Waals surface area contributed by atoms with Crippen molar-refractivity contribution in [3.8, 4) is 0 Å². The van der Waals surface area contributed by atoms with E-state index in [4.69, 9.17) is 4.74 Å². The topological polar surface area (TPSA) is 125 Å². The summed E-state index contributed by atoms with van der Waals surface area (Å²) in [4.78, 5) is 26.5. The third kappa shape index (κ3) is 4.13. The van der Waals surface area contributed by atoms with Gasteiger partial charge in [0.1, 0.15) is 18.3 Å². The predicted molar refractivity (Wildman–Crippen MR) is 136 cm³/mol. The van der Waals surface area contributed by atoms with E-state index in [-0.39, 0.29) is 5.56 Å². The second kappa shape index (κ2) is 9.33. The van der Waals surface area contributed by atoms with E-state index in [1.807, 2.05) is 60.7 Å². The molecule has 4 rings (SSSR count). The minimum atomic E-state index is -3.14. The molecule has 1 aliphatic heterocycles. The van der Waals surface area contributed by atoms with Crippen LogP contribution in [0.4, 0.5) is 0 Å². The maximum Gasteiger partial charge on any atom is 0.330 e. The lowest BCUT2D eigenvalue weighted by molar-refractivity contribution is -0.0676. The lowest BCUT2D eigenvalue weighted by Gasteiger charge is -2.48. The molecular weight excluding hydrogens is 464 g/mol. The highest BCUT2D eigenvalue weighted by Gasteiger charge is 2.60. The van der Waals surface area contributed by atoms with Crippen LogP contribution in [0.5, 0.6) is 0 Å². The van der Waals surface area contributed by atoms with Gasteiger partial charge in [0.15, 0.2) is 14.3 Å². The average molecular weight is 497 g/mol. The van der Waals surface area contributed by atoms with E-state index >= 15 is 0 Å². The molecule has 0 aliphatic carbocycles. The summed E-state index contributed by atoms with van der Waals surface area (Å²) >= 11 is 0. The number of H-pyrrole nitrogens is 1. The molecule has 1 aliphatic rings. The van der Waals surface area contributed by atoms with Gasteiger partial charge >= 0.3 is 5.69 Å². The SMILES string of the molecule is Cc1cn([C@@H]2O[C@H](C(O)[Si](c3ccccc3)(c3ccccc3)C(C)(C)C)[C@@H](O)[C@H]2O)c(=O)[nH]c1=O. The van der Waals surface area contributed by atoms with Gasteiger partial charge in [-0.2, -0.15) is 0 Å². The maximum absolute atomic E-state index is 12.5. The van der Waals surface area contributed by atoms with Gasteiger partial charge in [-0.3, -0.25) is 14.3 Å². The first kappa shape index (κ1) is 25.3. The molecule has 0 spiro atoms. The Morgan fingerprint density at radius 1 is 0.943 bits per heavy atom. The largest absolute Gasteiger partial charge is 0.393 e. The van der Waals surface area contributed by atoms with E-state index in [1.165, 1.54) is 13.1 Å². The minimum absolute atomic E-state index is 0.255. The Balaban J connectivity index is 1.87. The molecule has 3 aromatic rings. The number of aliphatic hydroxyl groups excluding tert-OH is 3. The van der Waals surface area contributed by atoms with Gasteiger partial charge in [-0.15, -0.1) is 0 Å². The average Bonchev–Trinajstić information content (AvgIpc) is 3.11. The maximum atomic E-state index is 12.5. The van der Waals surface area contributed by atoms with Crippen molar-refractivity contribution in [2.45, 2.75) is 63.0 Å². The van der Waals surface area contributed by atoms with Gasteiger partial charge in [-0.25, -0.2) is 4.79 Å². The van der Waals surface area contributed by atoms with E-state index in [2.05, 4.69) is 25.8 Å². The second-order valence-corrected chi connectivity index (χ2v) is 15.0. The number of rotatable bonds is 5. The summed E-state index contributed by atoms with van der Waals surface area (Å²) in [5.41, 5.74) is -2.23. The number of benzene rings is 2. The van der Waals surface area contributed by atoms with Crippen molar-refractivity contribution < 1.29 is 20.1 Å². The fourth-order valence-electron chi connectivity index (χ4n) is 5.42. The van der Waals surface area contributed by atoms with Crippen molar-refractivity contribution in [2.24, 2.45) is 0 Å². The van der Waals surface area contributed by atoms with Gasteiger partial charge in [0, 0.05) is 11.8 Å². The summed E-state index contributed by atoms with van der Waals surface area (Å²) in [5.74, 6) is 0. The number of aliphatic hydroxyl groups is 3. The Kier molecular flexibility index (Phi) is 6.73. The molecule has 186 valence electrons. The smallest absolute Gasteiger partial charge is 0.330 e. The van der Waals surface area contributed by atoms with Crippen LogP contribution in [0.15, 0.2) is 76.4 Å². The second-order valence-electron chi connectivity index (χ2n) is 10.2. The standard InChI is InChI=1S/C26H32N2O6Si/c1-16-15-28(25(33)27-22(16)31)23-20(30)19(29)21(34-23)24(32)35(26(2,3)4,17-11-7-5-8-12-17)18-13-9-6-10-14-18/h5-15,19-21,23-24,29-30,32H,1-4H3,(H,27,31,33)/t19-,20+,21-,23+,24?/m0/s1. The summed E-state index contributed by atoms with van der Waals surface area (Å²) in [7, 11) is -3.14. The predicted octanol–water partition coefficient (Wildman–Crippen LogP) is 0.428. The Hall–Kier alpha value is -2.82. The summed E-state index contributed by atoms with van der Waals surface area (Å²) in [6.07, 6.45) is -4.11. The van der Waals surface area contributed by atoms with Crippen LogP contribution < -0.4 is 21.6 Å². The first-order valence-electron chi connectivity index (χ1n) is 11.6. The van der Waals surface area contributed by atoms with Crippen LogP contribution in [0.2, 0.25) is 5.04 Å². The zero-order valence-electron chi connectivity index (χ0n) is 20.3. The summed E-state index contributed by atoms with van der Waals surface area (Å²) in [6.45, 7) is 7.72. The molecule has 2 heterocycles. The Labute approximate surface area is 204 Å². The van der Waals surface area contributed by atoms with Gasteiger partial charge < -0.3 is 20.1 Å². The van der Waals surface area contributed by atoms with Crippen LogP contribution in [0.1, 0.15) is 32.6 Å². The minimum Gasteiger partial charge on any atom is -0.393 e. The van der Waals surface area contributed by atoms with Gasteiger partial charge in [0.05, 0.1) is 5.73 Å². The Bertz CT molecular complexity index is 1250. The highest BCUT2D eigenvalue weighted by molar-refractivity contribution is 7.05. The molecular formula is C26H32N2O6Si. The molecule has 0 bridgehead atoms. The molecule has 0 amide bonds. The monoisotopic (exact) mass is 496 g/mol. The van der Waals surface area contributed by atoms with Crippen LogP contribution in [-0.2, 0) is 4.74 Å². The first-order chi connectivity index (χ1) is 16.5. The molecule has 35 heavy (non-hydrogen) atoms. The molecule has 5 atom stereocenters. The van der Waals surface area contributed by atoms with Crippen molar-refractivity contribution >= 4 is 18.4 Å². The van der Waals surface area contributed by atoms with Crippen molar-refractivity contribution in [3.05, 3.63) is 93.3 Å². The molecule has 8 nitrogen and oxygen atoms in total. The van der Waals surface area contributed by atoms with E-state index in [0.29, 0.717) is 0 Å². The van der Waals surface area contributed by atoms with Gasteiger partial charge in [0.25, 0.3) is 5.56 Å². The number of ether oxygens (including phenoxy) is 1. The van der Waals surface area contributed by atoms with Crippen LogP contribution in [-0.4, -0.2) is 57.0 Å². The van der Waals surface area contributed by atoms with Crippen LogP contribution in [0.25, 0.3) is 0 Å². The van der Waals surface area contributed by atoms with E-state index in [0.717, 1.165) is 14.9 Å². The third-order valence-electron chi connectivity index (χ3n) is 7.09. The van der Waals surface area contributed by atoms with Gasteiger partial charge in [-0.05, 0) is 12.0 Å². The number of hydrogen-bond donors (Lipinski definition) is 4. The van der Waals surface area contributed by atoms with E-state index in [9.17, 15) is 24.9 Å². The quantitative estimate of drug-likeness (QED) is 0.380. The van der Waals surface area contributed by atoms with Gasteiger partial charge in [0.2, 0.25) is 0 Å². The van der Waals surface area contributed by atoms with Crippen LogP contribution in [0.3, 0.4) is 0 Å². The van der Waals surface area contributed by atoms with Crippen molar-refractivity contribution in [3.63, 3.8) is 0 Å². The Morgan fingerprint density at radius 3 is 1.94 bits per heavy atom. The highest BCUT2D eigenvalue weighted by atomic mass is 28.3. The lowest BCUT2D eigenvalue weighted by atomic mass is 10.1. The molecule has 1 saturated heterocycles. The molecule has 0 radical (unpaired) electrons. The Morgan fingerprint density at radius 2 is 1.46 bits per heavy atom. The zero-order valence-corrected chi connectivity index (χ0v) is 21.3. The number of nitrogens with one attached hydrogen (secondary N) is 1. The molecule has 0 saturated carbocycles. The number of nitrogens with zero attached hydrogens (tertiary/aromatic N) is 1. The summed E-state index contributed by atoms with van der Waals surface area (Å²) in [5, 5.41) is 35.6. The summed E-state index contributed by atoms with van der Waals surface area (Å²) < 4.78 is 7.14. The van der Waals surface area contributed by atoms with Crippen molar-refractivity contribution in [1.29, 1.82) is 0 Å². The molecule has 9 heteroatoms. The first-order valence-corrected chi connectivity index (χ1v) is 13.7. The van der Waals surface area contributed by atoms with Crippen molar-refractivity contribution in [1.82, 2.24) is 9.55 Å². The molecule has 1 unspecified atom stereocenters. The van der Waals surface area contributed by atoms with Crippen LogP contribution in [0, 0.1) is 6.92 Å². The number of hydrogen-bond acceptors (Lipinski definition) is 6. The fraction of sp³-hybridized carbons (Fsp3) is 0.385. The number of aryl methyl sites for hydroxylation is 1. The van der Waals surface area contributed by atoms with Crippen LogP contribution >= 0.6 is 0 Å². The van der Waals surface area contributed by atoms with E-state index < -0.39 is 54.6 Å². The van der Waals surface area contributed by atoms with Gasteiger partial charge in [-0.1, -0.05) is 91.8 Å². The molecule has 1 aromatic heterocycles.